The van der Waals surface area contributed by atoms with E-state index < -0.39 is 0 Å². The molecule has 218 valence electrons. The molecule has 0 amide bonds. The van der Waals surface area contributed by atoms with Gasteiger partial charge in [-0.15, -0.1) is 16.4 Å². The molecule has 9 nitrogen and oxygen atoms in total. The van der Waals surface area contributed by atoms with Gasteiger partial charge in [0.2, 0.25) is 0 Å². The normalized spacial score (nSPS) is 16.2. The number of pyridine rings is 1. The largest absolute Gasteiger partial charge is 0.487 e. The molecule has 3 aromatic heterocycles. The molecule has 5 aromatic rings. The zero-order valence-corrected chi connectivity index (χ0v) is 25.3. The standard InChI is InChI=1S/C32H36N6O3S/c1-5-23-17-38(18-26-28(41-23)9-10-29(33)34-26)16-22-14-21(13-20-11-12-42-32(20)22)25(15-30(39)40-6-2)24-7-8-27-31(19(24)3)35-36-37(27)4/h7-14,23,25H,5-6,15-18H2,1-4H3,(H2,33,34)/t23-,25?/m1/s1. The highest BCUT2D eigenvalue weighted by atomic mass is 32.1. The van der Waals surface area contributed by atoms with Crippen LogP contribution in [0.1, 0.15) is 60.6 Å². The summed E-state index contributed by atoms with van der Waals surface area (Å²) in [6.07, 6.45) is 1.18. The minimum atomic E-state index is -0.219. The third-order valence-corrected chi connectivity index (χ3v) is 9.12. The average Bonchev–Trinajstić information content (AvgIpc) is 3.56. The Morgan fingerprint density at radius 2 is 2.07 bits per heavy atom. The quantitative estimate of drug-likeness (QED) is 0.231. The molecule has 42 heavy (non-hydrogen) atoms. The Hall–Kier alpha value is -4.02. The van der Waals surface area contributed by atoms with E-state index in [1.54, 1.807) is 22.1 Å². The van der Waals surface area contributed by atoms with Gasteiger partial charge in [-0.05, 0) is 83.6 Å². The van der Waals surface area contributed by atoms with Crippen LogP contribution in [0.2, 0.25) is 0 Å². The molecule has 1 unspecified atom stereocenters. The maximum absolute atomic E-state index is 13.0. The maximum atomic E-state index is 13.0. The molecule has 4 heterocycles. The number of carbonyl (C=O) groups is 1. The highest BCUT2D eigenvalue weighted by molar-refractivity contribution is 7.17. The van der Waals surface area contributed by atoms with Gasteiger partial charge in [-0.3, -0.25) is 9.69 Å². The Bertz CT molecular complexity index is 1760. The van der Waals surface area contributed by atoms with Crippen LogP contribution in [0.25, 0.3) is 21.1 Å². The smallest absolute Gasteiger partial charge is 0.306 e. The topological polar surface area (TPSA) is 108 Å². The molecule has 10 heteroatoms. The molecule has 6 rings (SSSR count). The lowest BCUT2D eigenvalue weighted by Gasteiger charge is -2.25. The van der Waals surface area contributed by atoms with E-state index in [2.05, 4.69) is 63.7 Å². The molecule has 0 spiro atoms. The zero-order chi connectivity index (χ0) is 29.4. The number of thiophene rings is 1. The summed E-state index contributed by atoms with van der Waals surface area (Å²) < 4.78 is 14.8. The Balaban J connectivity index is 1.42. The van der Waals surface area contributed by atoms with Crippen LogP contribution in [-0.4, -0.2) is 50.1 Å². The van der Waals surface area contributed by atoms with Gasteiger partial charge >= 0.3 is 5.97 Å². The summed E-state index contributed by atoms with van der Waals surface area (Å²) in [4.78, 5) is 20.0. The molecule has 0 bridgehead atoms. The van der Waals surface area contributed by atoms with E-state index in [4.69, 9.17) is 15.2 Å². The molecule has 1 aliphatic rings. The molecule has 0 aliphatic carbocycles. The molecule has 0 saturated carbocycles. The molecule has 2 N–H and O–H groups in total. The molecule has 2 atom stereocenters. The number of carbonyl (C=O) groups excluding carboxylic acids is 1. The van der Waals surface area contributed by atoms with E-state index in [0.29, 0.717) is 19.0 Å². The summed E-state index contributed by atoms with van der Waals surface area (Å²) in [5, 5.41) is 11.9. The predicted octanol–water partition coefficient (Wildman–Crippen LogP) is 5.73. The molecular formula is C32H36N6O3S. The number of nitrogen functional groups attached to an aromatic ring is 1. The van der Waals surface area contributed by atoms with Crippen molar-refractivity contribution in [2.75, 3.05) is 18.9 Å². The van der Waals surface area contributed by atoms with Crippen LogP contribution < -0.4 is 10.5 Å². The number of fused-ring (bicyclic) bond motifs is 3. The summed E-state index contributed by atoms with van der Waals surface area (Å²) in [5.74, 6) is 0.880. The van der Waals surface area contributed by atoms with Crippen LogP contribution in [0.15, 0.2) is 47.8 Å². The minimum absolute atomic E-state index is 0.0524. The van der Waals surface area contributed by atoms with Gasteiger partial charge in [0, 0.05) is 37.3 Å². The van der Waals surface area contributed by atoms with Crippen LogP contribution in [0.3, 0.4) is 0 Å². The highest BCUT2D eigenvalue weighted by Crippen LogP contribution is 2.38. The van der Waals surface area contributed by atoms with Crippen molar-refractivity contribution in [2.45, 2.75) is 58.7 Å². The number of hydrogen-bond donors (Lipinski definition) is 1. The first-order valence-electron chi connectivity index (χ1n) is 14.4. The van der Waals surface area contributed by atoms with Gasteiger partial charge < -0.3 is 15.2 Å². The summed E-state index contributed by atoms with van der Waals surface area (Å²) >= 11 is 1.74. The third-order valence-electron chi connectivity index (χ3n) is 8.12. The number of nitrogens with two attached hydrogens (primary N) is 1. The first-order chi connectivity index (χ1) is 20.3. The Kier molecular flexibility index (Phi) is 7.83. The SMILES string of the molecule is CCOC(=O)CC(c1cc(CN2Cc3nc(N)ccc3O[C@H](CC)C2)c2sccc2c1)c1ccc2c(nnn2C)c1C. The van der Waals surface area contributed by atoms with Gasteiger partial charge in [-0.2, -0.15) is 0 Å². The van der Waals surface area contributed by atoms with Crippen LogP contribution in [0, 0.1) is 6.92 Å². The Morgan fingerprint density at radius 3 is 2.88 bits per heavy atom. The second kappa shape index (κ2) is 11.7. The summed E-state index contributed by atoms with van der Waals surface area (Å²) in [5.41, 5.74) is 13.1. The number of hydrogen-bond acceptors (Lipinski definition) is 9. The molecular weight excluding hydrogens is 548 g/mol. The summed E-state index contributed by atoms with van der Waals surface area (Å²) in [6, 6.07) is 14.5. The fourth-order valence-electron chi connectivity index (χ4n) is 6.00. The second-order valence-electron chi connectivity index (χ2n) is 10.9. The van der Waals surface area contributed by atoms with Crippen molar-refractivity contribution in [3.63, 3.8) is 0 Å². The monoisotopic (exact) mass is 584 g/mol. The number of ether oxygens (including phenoxy) is 2. The van der Waals surface area contributed by atoms with E-state index in [1.807, 2.05) is 26.1 Å². The van der Waals surface area contributed by atoms with Crippen molar-refractivity contribution in [1.29, 1.82) is 0 Å². The second-order valence-corrected chi connectivity index (χ2v) is 11.9. The van der Waals surface area contributed by atoms with Crippen LogP contribution >= 0.6 is 11.3 Å². The molecule has 1 aliphatic heterocycles. The van der Waals surface area contributed by atoms with Crippen LogP contribution in [0.5, 0.6) is 5.75 Å². The number of nitrogens with zero attached hydrogens (tertiary/aromatic N) is 5. The number of benzene rings is 2. The van der Waals surface area contributed by atoms with Crippen molar-refractivity contribution in [3.05, 3.63) is 75.8 Å². The predicted molar refractivity (Wildman–Crippen MR) is 166 cm³/mol. The zero-order valence-electron chi connectivity index (χ0n) is 24.5. The van der Waals surface area contributed by atoms with E-state index in [-0.39, 0.29) is 24.4 Å². The van der Waals surface area contributed by atoms with Crippen molar-refractivity contribution < 1.29 is 14.3 Å². The van der Waals surface area contributed by atoms with Crippen molar-refractivity contribution >= 4 is 44.2 Å². The maximum Gasteiger partial charge on any atom is 0.306 e. The van der Waals surface area contributed by atoms with E-state index in [0.717, 1.165) is 58.7 Å². The van der Waals surface area contributed by atoms with E-state index >= 15 is 0 Å². The fraction of sp³-hybridized carbons (Fsp3) is 0.375. The van der Waals surface area contributed by atoms with Gasteiger partial charge in [0.15, 0.2) is 0 Å². The number of esters is 1. The number of rotatable bonds is 8. The lowest BCUT2D eigenvalue weighted by atomic mass is 9.84. The van der Waals surface area contributed by atoms with E-state index in [1.165, 1.54) is 15.6 Å². The Labute approximate surface area is 249 Å². The molecule has 2 aromatic carbocycles. The summed E-state index contributed by atoms with van der Waals surface area (Å²) in [6.45, 7) is 8.53. The Morgan fingerprint density at radius 1 is 1.21 bits per heavy atom. The first kappa shape index (κ1) is 28.1. The van der Waals surface area contributed by atoms with Gasteiger partial charge in [0.05, 0.1) is 24.2 Å². The van der Waals surface area contributed by atoms with Crippen LogP contribution in [-0.2, 0) is 29.7 Å². The first-order valence-corrected chi connectivity index (χ1v) is 15.3. The van der Waals surface area contributed by atoms with E-state index in [9.17, 15) is 4.79 Å². The highest BCUT2D eigenvalue weighted by Gasteiger charge is 2.27. The summed E-state index contributed by atoms with van der Waals surface area (Å²) in [7, 11) is 1.89. The number of aryl methyl sites for hydroxylation is 2. The number of anilines is 1. The lowest BCUT2D eigenvalue weighted by molar-refractivity contribution is -0.143. The minimum Gasteiger partial charge on any atom is -0.487 e. The molecule has 0 fully saturated rings. The van der Waals surface area contributed by atoms with Gasteiger partial charge in [-0.1, -0.05) is 24.3 Å². The fourth-order valence-corrected chi connectivity index (χ4v) is 6.89. The third kappa shape index (κ3) is 5.44. The lowest BCUT2D eigenvalue weighted by Crippen LogP contribution is -2.32. The van der Waals surface area contributed by atoms with Crippen molar-refractivity contribution in [2.24, 2.45) is 7.05 Å². The van der Waals surface area contributed by atoms with Gasteiger partial charge in [-0.25, -0.2) is 9.67 Å². The van der Waals surface area contributed by atoms with Gasteiger partial charge in [0.1, 0.15) is 23.2 Å². The van der Waals surface area contributed by atoms with Crippen molar-refractivity contribution in [1.82, 2.24) is 24.9 Å². The van der Waals surface area contributed by atoms with Crippen molar-refractivity contribution in [3.8, 4) is 5.75 Å². The van der Waals surface area contributed by atoms with Gasteiger partial charge in [0.25, 0.3) is 0 Å². The number of aromatic nitrogens is 4. The molecule has 0 radical (unpaired) electrons. The molecule has 0 saturated heterocycles. The van der Waals surface area contributed by atoms with Crippen LogP contribution in [0.4, 0.5) is 5.82 Å². The average molecular weight is 585 g/mol.